The smallest absolute Gasteiger partial charge is 0.259 e. The van der Waals surface area contributed by atoms with Crippen molar-refractivity contribution in [1.29, 1.82) is 0 Å². The Morgan fingerprint density at radius 1 is 1.23 bits per heavy atom. The van der Waals surface area contributed by atoms with Gasteiger partial charge in [-0.25, -0.2) is 4.39 Å². The van der Waals surface area contributed by atoms with Crippen LogP contribution in [0.25, 0.3) is 11.5 Å². The van der Waals surface area contributed by atoms with E-state index in [1.54, 1.807) is 6.07 Å². The molecule has 0 aliphatic heterocycles. The first kappa shape index (κ1) is 17.5. The normalized spacial score (nSPS) is 10.7. The van der Waals surface area contributed by atoms with E-state index in [-0.39, 0.29) is 12.1 Å². The fourth-order valence-electron chi connectivity index (χ4n) is 2.37. The van der Waals surface area contributed by atoms with Crippen LogP contribution in [0.3, 0.4) is 0 Å². The van der Waals surface area contributed by atoms with Crippen molar-refractivity contribution in [2.24, 2.45) is 0 Å². The summed E-state index contributed by atoms with van der Waals surface area (Å²) in [5.74, 6) is 0.0809. The topological polar surface area (TPSA) is 90.0 Å². The number of pyridine rings is 1. The van der Waals surface area contributed by atoms with Crippen LogP contribution >= 0.6 is 0 Å². The minimum absolute atomic E-state index is 0.194. The SMILES string of the molecule is CCCc1noc(-c2ccc(=O)n(CC(=O)Nc3ccc(F)cc3)c2)n1. The van der Waals surface area contributed by atoms with Gasteiger partial charge in [0.15, 0.2) is 5.82 Å². The number of anilines is 1. The maximum absolute atomic E-state index is 12.9. The summed E-state index contributed by atoms with van der Waals surface area (Å²) < 4.78 is 19.3. The van der Waals surface area contributed by atoms with E-state index < -0.39 is 11.7 Å². The Kier molecular flexibility index (Phi) is 5.21. The molecule has 0 saturated carbocycles. The lowest BCUT2D eigenvalue weighted by Gasteiger charge is -2.08. The number of hydrogen-bond acceptors (Lipinski definition) is 5. The maximum atomic E-state index is 12.9. The lowest BCUT2D eigenvalue weighted by molar-refractivity contribution is -0.116. The summed E-state index contributed by atoms with van der Waals surface area (Å²) in [5, 5.41) is 6.48. The molecule has 0 spiro atoms. The van der Waals surface area contributed by atoms with Gasteiger partial charge in [-0.3, -0.25) is 9.59 Å². The van der Waals surface area contributed by atoms with Gasteiger partial charge in [0.05, 0.1) is 5.56 Å². The van der Waals surface area contributed by atoms with Crippen molar-refractivity contribution in [3.63, 3.8) is 0 Å². The fraction of sp³-hybridized carbons (Fsp3) is 0.222. The number of nitrogens with one attached hydrogen (secondary N) is 1. The van der Waals surface area contributed by atoms with Crippen LogP contribution < -0.4 is 10.9 Å². The van der Waals surface area contributed by atoms with E-state index in [2.05, 4.69) is 15.5 Å². The first-order chi connectivity index (χ1) is 12.5. The Balaban J connectivity index is 1.75. The molecule has 7 nitrogen and oxygen atoms in total. The third kappa shape index (κ3) is 4.21. The third-order valence-corrected chi connectivity index (χ3v) is 3.61. The molecule has 2 heterocycles. The zero-order valence-corrected chi connectivity index (χ0v) is 14.1. The molecule has 2 aromatic heterocycles. The molecule has 3 aromatic rings. The van der Waals surface area contributed by atoms with Crippen LogP contribution in [0.5, 0.6) is 0 Å². The Morgan fingerprint density at radius 3 is 2.73 bits per heavy atom. The van der Waals surface area contributed by atoms with Crippen LogP contribution in [-0.2, 0) is 17.8 Å². The van der Waals surface area contributed by atoms with Gasteiger partial charge in [0, 0.05) is 24.4 Å². The number of nitrogens with zero attached hydrogens (tertiary/aromatic N) is 3. The first-order valence-electron chi connectivity index (χ1n) is 8.14. The summed E-state index contributed by atoms with van der Waals surface area (Å²) in [6, 6.07) is 8.28. The highest BCUT2D eigenvalue weighted by molar-refractivity contribution is 5.90. The van der Waals surface area contributed by atoms with Crippen LogP contribution in [0.1, 0.15) is 19.2 Å². The van der Waals surface area contributed by atoms with Crippen LogP contribution in [0, 0.1) is 5.82 Å². The fourth-order valence-corrected chi connectivity index (χ4v) is 2.37. The minimum atomic E-state index is -0.409. The zero-order chi connectivity index (χ0) is 18.5. The average molecular weight is 356 g/mol. The van der Waals surface area contributed by atoms with Crippen molar-refractivity contribution in [2.75, 3.05) is 5.32 Å². The highest BCUT2D eigenvalue weighted by Gasteiger charge is 2.11. The van der Waals surface area contributed by atoms with Gasteiger partial charge >= 0.3 is 0 Å². The standard InChI is InChI=1S/C18H17FN4O3/c1-2-3-15-21-18(26-22-15)12-4-9-17(25)23(10-12)11-16(24)20-14-7-5-13(19)6-8-14/h4-10H,2-3,11H2,1H3,(H,20,24). The Labute approximate surface area is 148 Å². The number of amides is 1. The quantitative estimate of drug-likeness (QED) is 0.733. The van der Waals surface area contributed by atoms with E-state index in [0.29, 0.717) is 29.4 Å². The molecule has 0 fully saturated rings. The molecule has 0 atom stereocenters. The number of carbonyl (C=O) groups is 1. The molecule has 0 unspecified atom stereocenters. The van der Waals surface area contributed by atoms with E-state index in [4.69, 9.17) is 4.52 Å². The number of aromatic nitrogens is 3. The van der Waals surface area contributed by atoms with Gasteiger partial charge in [-0.05, 0) is 36.8 Å². The summed E-state index contributed by atoms with van der Waals surface area (Å²) in [6.45, 7) is 1.82. The molecule has 0 saturated heterocycles. The van der Waals surface area contributed by atoms with Crippen LogP contribution in [0.2, 0.25) is 0 Å². The third-order valence-electron chi connectivity index (χ3n) is 3.61. The van der Waals surface area contributed by atoms with E-state index >= 15 is 0 Å². The van der Waals surface area contributed by atoms with Crippen molar-refractivity contribution < 1.29 is 13.7 Å². The number of hydrogen-bond donors (Lipinski definition) is 1. The van der Waals surface area contributed by atoms with Gasteiger partial charge in [-0.15, -0.1) is 0 Å². The highest BCUT2D eigenvalue weighted by Crippen LogP contribution is 2.16. The molecule has 0 aliphatic rings. The molecule has 3 rings (SSSR count). The Morgan fingerprint density at radius 2 is 2.00 bits per heavy atom. The van der Waals surface area contributed by atoms with Crippen molar-refractivity contribution >= 4 is 11.6 Å². The van der Waals surface area contributed by atoms with Crippen LogP contribution in [0.15, 0.2) is 51.9 Å². The summed E-state index contributed by atoms with van der Waals surface area (Å²) in [6.07, 6.45) is 3.08. The summed E-state index contributed by atoms with van der Waals surface area (Å²) in [4.78, 5) is 28.4. The molecule has 0 bridgehead atoms. The number of benzene rings is 1. The average Bonchev–Trinajstić information content (AvgIpc) is 3.08. The molecular weight excluding hydrogens is 339 g/mol. The van der Waals surface area contributed by atoms with Gasteiger partial charge < -0.3 is 14.4 Å². The van der Waals surface area contributed by atoms with Gasteiger partial charge in [-0.1, -0.05) is 12.1 Å². The van der Waals surface area contributed by atoms with Crippen molar-refractivity contribution in [3.05, 3.63) is 64.6 Å². The second-order valence-electron chi connectivity index (χ2n) is 5.70. The second kappa shape index (κ2) is 7.73. The van der Waals surface area contributed by atoms with Gasteiger partial charge in [0.2, 0.25) is 5.91 Å². The van der Waals surface area contributed by atoms with E-state index in [0.717, 1.165) is 6.42 Å². The van der Waals surface area contributed by atoms with Gasteiger partial charge in [0.1, 0.15) is 12.4 Å². The molecule has 134 valence electrons. The molecular formula is C18H17FN4O3. The molecule has 1 amide bonds. The molecule has 8 heteroatoms. The number of halogens is 1. The van der Waals surface area contributed by atoms with Crippen molar-refractivity contribution in [3.8, 4) is 11.5 Å². The number of aryl methyl sites for hydroxylation is 1. The summed E-state index contributed by atoms with van der Waals surface area (Å²) >= 11 is 0. The predicted molar refractivity (Wildman–Crippen MR) is 93.0 cm³/mol. The first-order valence-corrected chi connectivity index (χ1v) is 8.14. The lowest BCUT2D eigenvalue weighted by atomic mass is 10.2. The molecule has 1 N–H and O–H groups in total. The highest BCUT2D eigenvalue weighted by atomic mass is 19.1. The van der Waals surface area contributed by atoms with E-state index in [1.807, 2.05) is 6.92 Å². The number of carbonyl (C=O) groups excluding carboxylic acids is 1. The summed E-state index contributed by atoms with van der Waals surface area (Å²) in [7, 11) is 0. The largest absolute Gasteiger partial charge is 0.334 e. The lowest BCUT2D eigenvalue weighted by Crippen LogP contribution is -2.26. The van der Waals surface area contributed by atoms with Gasteiger partial charge in [-0.2, -0.15) is 4.98 Å². The Hall–Kier alpha value is -3.29. The second-order valence-corrected chi connectivity index (χ2v) is 5.70. The Bertz CT molecular complexity index is 963. The number of rotatable bonds is 6. The molecule has 1 aromatic carbocycles. The molecule has 26 heavy (non-hydrogen) atoms. The van der Waals surface area contributed by atoms with Crippen LogP contribution in [-0.4, -0.2) is 20.6 Å². The minimum Gasteiger partial charge on any atom is -0.334 e. The van der Waals surface area contributed by atoms with Crippen LogP contribution in [0.4, 0.5) is 10.1 Å². The predicted octanol–water partition coefficient (Wildman–Crippen LogP) is 2.63. The maximum Gasteiger partial charge on any atom is 0.259 e. The van der Waals surface area contributed by atoms with E-state index in [9.17, 15) is 14.0 Å². The summed E-state index contributed by atoms with van der Waals surface area (Å²) in [5.41, 5.74) is 0.659. The van der Waals surface area contributed by atoms with E-state index in [1.165, 1.54) is 41.1 Å². The zero-order valence-electron chi connectivity index (χ0n) is 14.1. The monoisotopic (exact) mass is 356 g/mol. The van der Waals surface area contributed by atoms with Gasteiger partial charge in [0.25, 0.3) is 11.4 Å². The molecule has 0 radical (unpaired) electrons. The van der Waals surface area contributed by atoms with Crippen molar-refractivity contribution in [2.45, 2.75) is 26.3 Å². The molecule has 0 aliphatic carbocycles. The van der Waals surface area contributed by atoms with Crippen molar-refractivity contribution in [1.82, 2.24) is 14.7 Å².